The van der Waals surface area contributed by atoms with Crippen molar-refractivity contribution in [2.24, 2.45) is 5.92 Å². The minimum atomic E-state index is -0.300. The molecule has 1 aromatic heterocycles. The highest BCUT2D eigenvalue weighted by Crippen LogP contribution is 2.38. The average molecular weight is 412 g/mol. The number of hydrogen-bond acceptors (Lipinski definition) is 5. The van der Waals surface area contributed by atoms with Crippen LogP contribution in [0.15, 0.2) is 36.7 Å². The summed E-state index contributed by atoms with van der Waals surface area (Å²) in [6.45, 7) is 4.58. The fourth-order valence-corrected chi connectivity index (χ4v) is 3.60. The summed E-state index contributed by atoms with van der Waals surface area (Å²) >= 11 is 0. The van der Waals surface area contributed by atoms with E-state index >= 15 is 0 Å². The fraction of sp³-hybridized carbons (Fsp3) is 0.435. The van der Waals surface area contributed by atoms with Gasteiger partial charge in [-0.25, -0.2) is 0 Å². The van der Waals surface area contributed by atoms with Gasteiger partial charge in [-0.05, 0) is 38.8 Å². The van der Waals surface area contributed by atoms with E-state index in [9.17, 15) is 9.59 Å². The summed E-state index contributed by atoms with van der Waals surface area (Å²) in [5.74, 6) is 0.688. The molecule has 1 saturated carbocycles. The molecule has 0 radical (unpaired) electrons. The van der Waals surface area contributed by atoms with Crippen LogP contribution in [-0.2, 0) is 4.79 Å². The predicted octanol–water partition coefficient (Wildman–Crippen LogP) is 4.65. The Balaban J connectivity index is 1.86. The van der Waals surface area contributed by atoms with Crippen molar-refractivity contribution in [1.29, 1.82) is 0 Å². The molecule has 1 heterocycles. The second-order valence-electron chi connectivity index (χ2n) is 7.23. The first-order valence-electron chi connectivity index (χ1n) is 10.6. The van der Waals surface area contributed by atoms with Crippen LogP contribution in [0.4, 0.5) is 11.4 Å². The van der Waals surface area contributed by atoms with Crippen molar-refractivity contribution in [1.82, 2.24) is 4.98 Å². The van der Waals surface area contributed by atoms with E-state index in [2.05, 4.69) is 15.6 Å². The number of pyridine rings is 1. The van der Waals surface area contributed by atoms with Crippen LogP contribution < -0.4 is 20.1 Å². The molecule has 0 bridgehead atoms. The van der Waals surface area contributed by atoms with E-state index in [1.807, 2.05) is 13.8 Å². The van der Waals surface area contributed by atoms with E-state index in [0.717, 1.165) is 25.7 Å². The maximum absolute atomic E-state index is 12.8. The topological polar surface area (TPSA) is 89.5 Å². The van der Waals surface area contributed by atoms with Gasteiger partial charge < -0.3 is 20.1 Å². The lowest BCUT2D eigenvalue weighted by molar-refractivity contribution is -0.120. The second kappa shape index (κ2) is 10.6. The monoisotopic (exact) mass is 411 g/mol. The summed E-state index contributed by atoms with van der Waals surface area (Å²) in [6, 6.07) is 6.80. The molecule has 0 atom stereocenters. The Morgan fingerprint density at radius 1 is 1.00 bits per heavy atom. The van der Waals surface area contributed by atoms with Gasteiger partial charge in [-0.1, -0.05) is 19.3 Å². The molecule has 1 fully saturated rings. The third kappa shape index (κ3) is 5.49. The molecule has 1 aromatic carbocycles. The molecule has 2 aromatic rings. The highest BCUT2D eigenvalue weighted by Gasteiger charge is 2.23. The van der Waals surface area contributed by atoms with Gasteiger partial charge in [0.25, 0.3) is 5.91 Å². The quantitative estimate of drug-likeness (QED) is 0.660. The van der Waals surface area contributed by atoms with Crippen LogP contribution >= 0.6 is 0 Å². The Kier molecular flexibility index (Phi) is 7.65. The smallest absolute Gasteiger partial charge is 0.257 e. The van der Waals surface area contributed by atoms with Crippen molar-refractivity contribution in [2.75, 3.05) is 23.8 Å². The van der Waals surface area contributed by atoms with Gasteiger partial charge in [0.05, 0.1) is 30.2 Å². The number of benzene rings is 1. The van der Waals surface area contributed by atoms with Gasteiger partial charge in [0.1, 0.15) is 11.5 Å². The first-order valence-corrected chi connectivity index (χ1v) is 10.6. The molecule has 3 rings (SSSR count). The van der Waals surface area contributed by atoms with E-state index in [1.165, 1.54) is 12.6 Å². The molecule has 160 valence electrons. The van der Waals surface area contributed by atoms with Crippen LogP contribution in [0.5, 0.6) is 11.5 Å². The van der Waals surface area contributed by atoms with E-state index < -0.39 is 0 Å². The van der Waals surface area contributed by atoms with Crippen LogP contribution in [-0.4, -0.2) is 30.0 Å². The second-order valence-corrected chi connectivity index (χ2v) is 7.23. The van der Waals surface area contributed by atoms with Gasteiger partial charge in [-0.3, -0.25) is 14.6 Å². The summed E-state index contributed by atoms with van der Waals surface area (Å²) in [5, 5.41) is 5.87. The zero-order valence-corrected chi connectivity index (χ0v) is 17.6. The third-order valence-electron chi connectivity index (χ3n) is 5.09. The number of carbonyl (C=O) groups excluding carboxylic acids is 2. The van der Waals surface area contributed by atoms with Crippen molar-refractivity contribution in [3.05, 3.63) is 42.2 Å². The number of nitrogens with one attached hydrogen (secondary N) is 2. The lowest BCUT2D eigenvalue weighted by Crippen LogP contribution is -2.25. The largest absolute Gasteiger partial charge is 0.492 e. The first-order chi connectivity index (χ1) is 14.6. The Morgan fingerprint density at radius 2 is 1.63 bits per heavy atom. The maximum Gasteiger partial charge on any atom is 0.257 e. The van der Waals surface area contributed by atoms with Gasteiger partial charge in [-0.2, -0.15) is 0 Å². The van der Waals surface area contributed by atoms with E-state index in [4.69, 9.17) is 9.47 Å². The Labute approximate surface area is 177 Å². The highest BCUT2D eigenvalue weighted by molar-refractivity contribution is 6.05. The number of aromatic nitrogens is 1. The molecule has 30 heavy (non-hydrogen) atoms. The van der Waals surface area contributed by atoms with Crippen molar-refractivity contribution in [3.8, 4) is 11.5 Å². The number of anilines is 2. The number of ether oxygens (including phenoxy) is 2. The van der Waals surface area contributed by atoms with Crippen LogP contribution in [0.2, 0.25) is 0 Å². The zero-order chi connectivity index (χ0) is 21.3. The molecular formula is C23H29N3O4. The lowest BCUT2D eigenvalue weighted by Gasteiger charge is -2.22. The third-order valence-corrected chi connectivity index (χ3v) is 5.09. The molecule has 0 saturated heterocycles. The normalized spacial score (nSPS) is 14.1. The molecule has 0 unspecified atom stereocenters. The van der Waals surface area contributed by atoms with Crippen LogP contribution in [0.3, 0.4) is 0 Å². The van der Waals surface area contributed by atoms with Gasteiger partial charge in [0.2, 0.25) is 5.91 Å². The van der Waals surface area contributed by atoms with Gasteiger partial charge >= 0.3 is 0 Å². The van der Waals surface area contributed by atoms with E-state index in [1.54, 1.807) is 30.5 Å². The summed E-state index contributed by atoms with van der Waals surface area (Å²) in [4.78, 5) is 29.3. The number of nitrogens with zero attached hydrogens (tertiary/aromatic N) is 1. The predicted molar refractivity (Wildman–Crippen MR) is 116 cm³/mol. The molecule has 0 aliphatic heterocycles. The zero-order valence-electron chi connectivity index (χ0n) is 17.6. The number of hydrogen-bond donors (Lipinski definition) is 2. The number of carbonyl (C=O) groups is 2. The number of amides is 2. The summed E-state index contributed by atoms with van der Waals surface area (Å²) < 4.78 is 11.5. The average Bonchev–Trinajstić information content (AvgIpc) is 2.78. The Hall–Kier alpha value is -3.09. The molecular weight excluding hydrogens is 382 g/mol. The summed E-state index contributed by atoms with van der Waals surface area (Å²) in [7, 11) is 0. The van der Waals surface area contributed by atoms with Gasteiger partial charge in [-0.15, -0.1) is 0 Å². The molecule has 0 spiro atoms. The number of rotatable bonds is 8. The summed E-state index contributed by atoms with van der Waals surface area (Å²) in [6.07, 6.45) is 8.28. The molecule has 2 amide bonds. The SMILES string of the molecule is CCOc1cc(NC(=O)C2CCCCC2)c(OCC)cc1NC(=O)c1cccnc1. The Morgan fingerprint density at radius 3 is 2.20 bits per heavy atom. The summed E-state index contributed by atoms with van der Waals surface area (Å²) in [5.41, 5.74) is 1.47. The van der Waals surface area contributed by atoms with Crippen molar-refractivity contribution < 1.29 is 19.1 Å². The fourth-order valence-electron chi connectivity index (χ4n) is 3.60. The van der Waals surface area contributed by atoms with Crippen molar-refractivity contribution in [3.63, 3.8) is 0 Å². The van der Waals surface area contributed by atoms with Crippen LogP contribution in [0, 0.1) is 5.92 Å². The first kappa shape index (κ1) is 21.6. The van der Waals surface area contributed by atoms with Gasteiger partial charge in [0, 0.05) is 30.4 Å². The highest BCUT2D eigenvalue weighted by atomic mass is 16.5. The molecule has 1 aliphatic carbocycles. The minimum absolute atomic E-state index is 0.00486. The molecule has 1 aliphatic rings. The van der Waals surface area contributed by atoms with Gasteiger partial charge in [0.15, 0.2) is 0 Å². The van der Waals surface area contributed by atoms with E-state index in [0.29, 0.717) is 41.7 Å². The van der Waals surface area contributed by atoms with Crippen LogP contribution in [0.25, 0.3) is 0 Å². The van der Waals surface area contributed by atoms with Crippen molar-refractivity contribution >= 4 is 23.2 Å². The molecule has 7 heteroatoms. The standard InChI is InChI=1S/C23H29N3O4/c1-3-29-20-14-19(26-23(28)17-11-8-12-24-15-17)21(30-4-2)13-18(20)25-22(27)16-9-6-5-7-10-16/h8,11-16H,3-7,9-10H2,1-2H3,(H,25,27)(H,26,28). The maximum atomic E-state index is 12.8. The van der Waals surface area contributed by atoms with Crippen molar-refractivity contribution in [2.45, 2.75) is 46.0 Å². The Bertz CT molecular complexity index is 864. The lowest BCUT2D eigenvalue weighted by atomic mass is 9.88. The van der Waals surface area contributed by atoms with E-state index in [-0.39, 0.29) is 17.7 Å². The molecule has 2 N–H and O–H groups in total. The minimum Gasteiger partial charge on any atom is -0.492 e. The molecule has 7 nitrogen and oxygen atoms in total. The van der Waals surface area contributed by atoms with Crippen LogP contribution in [0.1, 0.15) is 56.3 Å².